The van der Waals surface area contributed by atoms with Crippen molar-refractivity contribution in [2.24, 2.45) is 5.92 Å². The average molecular weight is 442 g/mol. The van der Waals surface area contributed by atoms with Gasteiger partial charge in [-0.3, -0.25) is 4.90 Å². The maximum absolute atomic E-state index is 4.11. The van der Waals surface area contributed by atoms with Gasteiger partial charge in [-0.2, -0.15) is 0 Å². The Morgan fingerprint density at radius 1 is 0.970 bits per heavy atom. The molecule has 1 aliphatic heterocycles. The van der Waals surface area contributed by atoms with E-state index < -0.39 is 0 Å². The van der Waals surface area contributed by atoms with Crippen LogP contribution in [0, 0.1) is 17.8 Å². The van der Waals surface area contributed by atoms with Gasteiger partial charge in [0, 0.05) is 29.6 Å². The van der Waals surface area contributed by atoms with E-state index in [2.05, 4.69) is 80.5 Å². The third kappa shape index (κ3) is 8.21. The highest BCUT2D eigenvalue weighted by molar-refractivity contribution is 5.44. The molecule has 2 atom stereocenters. The van der Waals surface area contributed by atoms with E-state index in [1.807, 2.05) is 18.2 Å². The van der Waals surface area contributed by atoms with E-state index in [1.54, 1.807) is 0 Å². The number of allylic oxidation sites excluding steroid dienone is 1. The highest BCUT2D eigenvalue weighted by atomic mass is 15.2. The Bertz CT molecular complexity index is 895. The van der Waals surface area contributed by atoms with E-state index >= 15 is 0 Å². The Morgan fingerprint density at radius 2 is 1.61 bits per heavy atom. The molecule has 0 spiro atoms. The Kier molecular flexibility index (Phi) is 10.3. The number of hydrogen-bond donors (Lipinski definition) is 0. The molecule has 0 radical (unpaired) electrons. The van der Waals surface area contributed by atoms with Crippen molar-refractivity contribution in [2.75, 3.05) is 13.1 Å². The highest BCUT2D eigenvalue weighted by Gasteiger charge is 2.38. The summed E-state index contributed by atoms with van der Waals surface area (Å²) in [6.07, 6.45) is 10.8. The fourth-order valence-electron chi connectivity index (χ4n) is 4.65. The second-order valence-corrected chi connectivity index (χ2v) is 10.1. The van der Waals surface area contributed by atoms with Crippen LogP contribution in [0.15, 0.2) is 66.7 Å². The molecule has 2 aromatic rings. The Hall–Kier alpha value is -2.30. The maximum Gasteiger partial charge on any atom is 0.0249 e. The van der Waals surface area contributed by atoms with Crippen molar-refractivity contribution < 1.29 is 0 Å². The summed E-state index contributed by atoms with van der Waals surface area (Å²) >= 11 is 0. The zero-order chi connectivity index (χ0) is 23.5. The monoisotopic (exact) mass is 441 g/mol. The first-order valence-corrected chi connectivity index (χ1v) is 13.1. The van der Waals surface area contributed by atoms with Crippen molar-refractivity contribution >= 4 is 0 Å². The number of likely N-dealkylation sites (tertiary alicyclic amines) is 1. The molecule has 2 aliphatic rings. The van der Waals surface area contributed by atoms with Gasteiger partial charge >= 0.3 is 0 Å². The smallest absolute Gasteiger partial charge is 0.0249 e. The van der Waals surface area contributed by atoms with Crippen LogP contribution in [0.1, 0.15) is 94.7 Å². The predicted molar refractivity (Wildman–Crippen MR) is 144 cm³/mol. The molecule has 176 valence electrons. The van der Waals surface area contributed by atoms with E-state index in [1.165, 1.54) is 69.2 Å². The highest BCUT2D eigenvalue weighted by Crippen LogP contribution is 2.37. The van der Waals surface area contributed by atoms with Crippen molar-refractivity contribution in [3.8, 4) is 11.8 Å². The third-order valence-electron chi connectivity index (χ3n) is 7.14. The Labute approximate surface area is 203 Å². The van der Waals surface area contributed by atoms with E-state index in [-0.39, 0.29) is 0 Å². The first kappa shape index (κ1) is 25.3. The molecule has 4 rings (SSSR count). The second-order valence-electron chi connectivity index (χ2n) is 10.1. The summed E-state index contributed by atoms with van der Waals surface area (Å²) in [5, 5.41) is 0. The minimum atomic E-state index is 0.650. The van der Waals surface area contributed by atoms with Gasteiger partial charge < -0.3 is 0 Å². The average Bonchev–Trinajstić information content (AvgIpc) is 2.80. The van der Waals surface area contributed by atoms with Crippen molar-refractivity contribution in [2.45, 2.75) is 84.1 Å². The molecule has 1 heterocycles. The number of nitrogens with zero attached hydrogens (tertiary/aromatic N) is 1. The Morgan fingerprint density at radius 3 is 2.15 bits per heavy atom. The van der Waals surface area contributed by atoms with Crippen LogP contribution in [-0.4, -0.2) is 24.0 Å². The van der Waals surface area contributed by atoms with Crippen molar-refractivity contribution in [1.82, 2.24) is 4.90 Å². The lowest BCUT2D eigenvalue weighted by Crippen LogP contribution is -2.54. The van der Waals surface area contributed by atoms with Gasteiger partial charge in [0.25, 0.3) is 0 Å². The molecule has 0 aromatic heterocycles. The molecule has 1 aliphatic carbocycles. The van der Waals surface area contributed by atoms with E-state index in [0.29, 0.717) is 12.0 Å². The lowest BCUT2D eigenvalue weighted by Gasteiger charge is -2.49. The molecule has 1 saturated carbocycles. The van der Waals surface area contributed by atoms with Gasteiger partial charge in [-0.05, 0) is 68.5 Å². The molecule has 33 heavy (non-hydrogen) atoms. The number of unbranched alkanes of at least 4 members (excludes halogenated alkanes) is 2. The van der Waals surface area contributed by atoms with Gasteiger partial charge in [0.15, 0.2) is 0 Å². The summed E-state index contributed by atoms with van der Waals surface area (Å²) in [6.45, 7) is 13.3. The lowest BCUT2D eigenvalue weighted by molar-refractivity contribution is 0.0516. The normalized spacial score (nSPS) is 19.8. The summed E-state index contributed by atoms with van der Waals surface area (Å²) in [5.74, 6) is 8.25. The molecule has 0 unspecified atom stereocenters. The van der Waals surface area contributed by atoms with Gasteiger partial charge in [-0.1, -0.05) is 93.7 Å². The minimum absolute atomic E-state index is 0.650. The summed E-state index contributed by atoms with van der Waals surface area (Å²) in [5.41, 5.74) is 4.91. The molecule has 1 saturated heterocycles. The molecule has 0 amide bonds. The van der Waals surface area contributed by atoms with E-state index in [4.69, 9.17) is 0 Å². The van der Waals surface area contributed by atoms with Crippen molar-refractivity contribution in [3.63, 3.8) is 0 Å². The summed E-state index contributed by atoms with van der Waals surface area (Å²) in [4.78, 5) is 2.69. The molecule has 2 aromatic carbocycles. The minimum Gasteiger partial charge on any atom is -0.299 e. The lowest BCUT2D eigenvalue weighted by atomic mass is 9.79. The standard InChI is InChI=1S/C27H33N.C5H10/c1-4-5-9-20-28-21-26(27(28)19-12-22(2)3)25-17-15-24(16-18-25)14-13-23-10-7-6-8-11-23;1-5-3-2-4-5/h6-8,10-11,15-18,26-27H,2,4-5,9,12,19-21H2,1,3H3;5H,2-4H2,1H3/t26-,27+;/m1./s1. The van der Waals surface area contributed by atoms with Crippen LogP contribution in [0.5, 0.6) is 0 Å². The first-order valence-electron chi connectivity index (χ1n) is 13.1. The van der Waals surface area contributed by atoms with Crippen LogP contribution in [-0.2, 0) is 0 Å². The SMILES string of the molecule is C=C(C)CC[C@H]1[C@@H](c2ccc(C#Cc3ccccc3)cc2)CN1CCCCC.CC1CCC1. The van der Waals surface area contributed by atoms with E-state index in [0.717, 1.165) is 23.5 Å². The molecule has 1 nitrogen and oxygen atoms in total. The van der Waals surface area contributed by atoms with Crippen LogP contribution < -0.4 is 0 Å². The zero-order valence-electron chi connectivity index (χ0n) is 21.2. The van der Waals surface area contributed by atoms with Crippen LogP contribution in [0.4, 0.5) is 0 Å². The van der Waals surface area contributed by atoms with Crippen LogP contribution >= 0.6 is 0 Å². The second kappa shape index (κ2) is 13.4. The molecular weight excluding hydrogens is 398 g/mol. The van der Waals surface area contributed by atoms with Gasteiger partial charge in [-0.15, -0.1) is 6.58 Å². The van der Waals surface area contributed by atoms with Crippen molar-refractivity contribution in [1.29, 1.82) is 0 Å². The van der Waals surface area contributed by atoms with Crippen LogP contribution in [0.3, 0.4) is 0 Å². The molecular formula is C32H43N. The molecule has 2 fully saturated rings. The first-order chi connectivity index (χ1) is 16.1. The molecule has 1 heteroatoms. The maximum atomic E-state index is 4.11. The van der Waals surface area contributed by atoms with Crippen LogP contribution in [0.25, 0.3) is 0 Å². The number of benzene rings is 2. The topological polar surface area (TPSA) is 3.24 Å². The summed E-state index contributed by atoms with van der Waals surface area (Å²) in [6, 6.07) is 19.8. The van der Waals surface area contributed by atoms with Crippen molar-refractivity contribution in [3.05, 3.63) is 83.4 Å². The fraction of sp³-hybridized carbons (Fsp3) is 0.500. The zero-order valence-corrected chi connectivity index (χ0v) is 21.2. The van der Waals surface area contributed by atoms with Gasteiger partial charge in [0.05, 0.1) is 0 Å². The van der Waals surface area contributed by atoms with Gasteiger partial charge in [0.2, 0.25) is 0 Å². The van der Waals surface area contributed by atoms with Crippen LogP contribution in [0.2, 0.25) is 0 Å². The van der Waals surface area contributed by atoms with E-state index in [9.17, 15) is 0 Å². The predicted octanol–water partition coefficient (Wildman–Crippen LogP) is 8.21. The quantitative estimate of drug-likeness (QED) is 0.227. The summed E-state index contributed by atoms with van der Waals surface area (Å²) < 4.78 is 0. The van der Waals surface area contributed by atoms with Gasteiger partial charge in [0.1, 0.15) is 0 Å². The van der Waals surface area contributed by atoms with Gasteiger partial charge in [-0.25, -0.2) is 0 Å². The fourth-order valence-corrected chi connectivity index (χ4v) is 4.65. The number of rotatable bonds is 8. The molecule has 0 N–H and O–H groups in total. The number of hydrogen-bond acceptors (Lipinski definition) is 1. The Balaban J connectivity index is 0.000000541. The largest absolute Gasteiger partial charge is 0.299 e. The third-order valence-corrected chi connectivity index (χ3v) is 7.14. The molecule has 0 bridgehead atoms. The summed E-state index contributed by atoms with van der Waals surface area (Å²) in [7, 11) is 0.